The fourth-order valence-electron chi connectivity index (χ4n) is 1.60. The molecule has 0 spiro atoms. The van der Waals surface area contributed by atoms with Crippen LogP contribution in [-0.4, -0.2) is 37.3 Å². The lowest BCUT2D eigenvalue weighted by molar-refractivity contribution is -0.384. The summed E-state index contributed by atoms with van der Waals surface area (Å²) < 4.78 is 10.9. The number of non-ortho nitro benzene ring substituents is 1. The fraction of sp³-hybridized carbons (Fsp3) is 0.455. The predicted molar refractivity (Wildman–Crippen MR) is 61.2 cm³/mol. The van der Waals surface area contributed by atoms with Crippen LogP contribution >= 0.6 is 0 Å². The van der Waals surface area contributed by atoms with Crippen molar-refractivity contribution in [3.05, 3.63) is 34.4 Å². The molecule has 1 aromatic rings. The molecule has 1 heterocycles. The van der Waals surface area contributed by atoms with Gasteiger partial charge in [0.1, 0.15) is 18.5 Å². The number of nitrogens with zero attached hydrogens (tertiary/aromatic N) is 1. The third kappa shape index (κ3) is 3.40. The minimum Gasteiger partial charge on any atom is -0.491 e. The van der Waals surface area contributed by atoms with Crippen molar-refractivity contribution in [1.82, 2.24) is 5.32 Å². The van der Waals surface area contributed by atoms with Gasteiger partial charge in [-0.1, -0.05) is 6.07 Å². The van der Waals surface area contributed by atoms with Crippen molar-refractivity contribution in [1.29, 1.82) is 0 Å². The van der Waals surface area contributed by atoms with E-state index < -0.39 is 4.92 Å². The molecule has 6 heteroatoms. The van der Waals surface area contributed by atoms with Crippen LogP contribution in [0.2, 0.25) is 0 Å². The van der Waals surface area contributed by atoms with Crippen molar-refractivity contribution in [2.75, 3.05) is 26.3 Å². The third-order valence-electron chi connectivity index (χ3n) is 2.47. The summed E-state index contributed by atoms with van der Waals surface area (Å²) in [5, 5.41) is 13.8. The van der Waals surface area contributed by atoms with E-state index in [-0.39, 0.29) is 11.8 Å². The number of nitro groups is 1. The van der Waals surface area contributed by atoms with Crippen molar-refractivity contribution in [3.63, 3.8) is 0 Å². The third-order valence-corrected chi connectivity index (χ3v) is 2.47. The number of rotatable bonds is 4. The number of hydrogen-bond donors (Lipinski definition) is 1. The van der Waals surface area contributed by atoms with Crippen LogP contribution in [0.15, 0.2) is 24.3 Å². The molecule has 0 bridgehead atoms. The van der Waals surface area contributed by atoms with Gasteiger partial charge in [-0.2, -0.15) is 0 Å². The Morgan fingerprint density at radius 3 is 3.18 bits per heavy atom. The molecule has 1 saturated heterocycles. The summed E-state index contributed by atoms with van der Waals surface area (Å²) in [5.41, 5.74) is 0.0326. The van der Waals surface area contributed by atoms with Crippen LogP contribution in [0.1, 0.15) is 0 Å². The van der Waals surface area contributed by atoms with Crippen LogP contribution in [0.25, 0.3) is 0 Å². The molecule has 6 nitrogen and oxygen atoms in total. The molecule has 0 aliphatic carbocycles. The zero-order valence-corrected chi connectivity index (χ0v) is 9.30. The summed E-state index contributed by atoms with van der Waals surface area (Å²) in [4.78, 5) is 10.1. The molecular weight excluding hydrogens is 224 g/mol. The first kappa shape index (κ1) is 11.8. The number of nitro benzene ring substituents is 1. The lowest BCUT2D eigenvalue weighted by Crippen LogP contribution is -2.41. The molecule has 0 radical (unpaired) electrons. The highest BCUT2D eigenvalue weighted by Gasteiger charge is 2.14. The number of morpholine rings is 1. The Morgan fingerprint density at radius 2 is 2.47 bits per heavy atom. The SMILES string of the molecule is O=[N+]([O-])c1cccc(OCC2CNCCO2)c1. The van der Waals surface area contributed by atoms with Gasteiger partial charge < -0.3 is 14.8 Å². The highest BCUT2D eigenvalue weighted by molar-refractivity contribution is 5.37. The van der Waals surface area contributed by atoms with Gasteiger partial charge in [0.05, 0.1) is 17.6 Å². The zero-order valence-electron chi connectivity index (χ0n) is 9.30. The van der Waals surface area contributed by atoms with Crippen molar-refractivity contribution < 1.29 is 14.4 Å². The number of hydrogen-bond acceptors (Lipinski definition) is 5. The van der Waals surface area contributed by atoms with E-state index in [1.54, 1.807) is 12.1 Å². The molecule has 1 aromatic carbocycles. The zero-order chi connectivity index (χ0) is 12.1. The fourth-order valence-corrected chi connectivity index (χ4v) is 1.60. The van der Waals surface area contributed by atoms with E-state index in [0.717, 1.165) is 13.1 Å². The predicted octanol–water partition coefficient (Wildman–Crippen LogP) is 0.962. The van der Waals surface area contributed by atoms with Crippen molar-refractivity contribution in [2.45, 2.75) is 6.10 Å². The van der Waals surface area contributed by atoms with Gasteiger partial charge in [-0.25, -0.2) is 0 Å². The Morgan fingerprint density at radius 1 is 1.59 bits per heavy atom. The molecule has 0 saturated carbocycles. The van der Waals surface area contributed by atoms with Crippen LogP contribution in [-0.2, 0) is 4.74 Å². The van der Waals surface area contributed by atoms with Crippen LogP contribution in [0.5, 0.6) is 5.75 Å². The smallest absolute Gasteiger partial charge is 0.273 e. The first-order chi connectivity index (χ1) is 8.25. The van der Waals surface area contributed by atoms with Crippen LogP contribution < -0.4 is 10.1 Å². The Balaban J connectivity index is 1.89. The maximum absolute atomic E-state index is 10.6. The molecule has 1 aliphatic rings. The van der Waals surface area contributed by atoms with Crippen LogP contribution in [0.3, 0.4) is 0 Å². The van der Waals surface area contributed by atoms with Gasteiger partial charge in [-0.05, 0) is 6.07 Å². The van der Waals surface area contributed by atoms with Gasteiger partial charge in [-0.15, -0.1) is 0 Å². The van der Waals surface area contributed by atoms with Gasteiger partial charge >= 0.3 is 0 Å². The topological polar surface area (TPSA) is 73.6 Å². The lowest BCUT2D eigenvalue weighted by atomic mass is 10.3. The van der Waals surface area contributed by atoms with Crippen molar-refractivity contribution >= 4 is 5.69 Å². The first-order valence-corrected chi connectivity index (χ1v) is 5.45. The second kappa shape index (κ2) is 5.60. The summed E-state index contributed by atoms with van der Waals surface area (Å²) in [6.07, 6.45) is 0.00279. The highest BCUT2D eigenvalue weighted by Crippen LogP contribution is 2.19. The first-order valence-electron chi connectivity index (χ1n) is 5.45. The van der Waals surface area contributed by atoms with E-state index in [9.17, 15) is 10.1 Å². The second-order valence-electron chi connectivity index (χ2n) is 3.76. The van der Waals surface area contributed by atoms with Gasteiger partial charge in [-0.3, -0.25) is 10.1 Å². The molecule has 1 N–H and O–H groups in total. The average molecular weight is 238 g/mol. The maximum Gasteiger partial charge on any atom is 0.273 e. The molecule has 0 aromatic heterocycles. The molecule has 92 valence electrons. The minimum atomic E-state index is -0.439. The van der Waals surface area contributed by atoms with Gasteiger partial charge in [0.2, 0.25) is 0 Å². The van der Waals surface area contributed by atoms with E-state index >= 15 is 0 Å². The maximum atomic E-state index is 10.6. The van der Waals surface area contributed by atoms with Crippen molar-refractivity contribution in [3.8, 4) is 5.75 Å². The van der Waals surface area contributed by atoms with E-state index in [1.807, 2.05) is 0 Å². The summed E-state index contributed by atoms with van der Waals surface area (Å²) in [7, 11) is 0. The van der Waals surface area contributed by atoms with E-state index in [2.05, 4.69) is 5.32 Å². The number of nitrogens with one attached hydrogen (secondary N) is 1. The Hall–Kier alpha value is -1.66. The lowest BCUT2D eigenvalue weighted by Gasteiger charge is -2.23. The summed E-state index contributed by atoms with van der Waals surface area (Å²) in [6.45, 7) is 2.67. The van der Waals surface area contributed by atoms with Crippen LogP contribution in [0.4, 0.5) is 5.69 Å². The summed E-state index contributed by atoms with van der Waals surface area (Å²) in [6, 6.07) is 6.15. The van der Waals surface area contributed by atoms with Gasteiger partial charge in [0, 0.05) is 19.2 Å². The van der Waals surface area contributed by atoms with E-state index in [1.165, 1.54) is 12.1 Å². The number of ether oxygens (including phenoxy) is 2. The summed E-state index contributed by atoms with van der Waals surface area (Å²) >= 11 is 0. The molecular formula is C11H14N2O4. The Labute approximate surface area is 98.7 Å². The summed E-state index contributed by atoms with van der Waals surface area (Å²) in [5.74, 6) is 0.494. The molecule has 2 rings (SSSR count). The Kier molecular flexibility index (Phi) is 3.89. The Bertz CT molecular complexity index is 391. The minimum absolute atomic E-state index is 0.00279. The van der Waals surface area contributed by atoms with Crippen LogP contribution in [0, 0.1) is 10.1 Å². The molecule has 1 aliphatic heterocycles. The molecule has 0 amide bonds. The van der Waals surface area contributed by atoms with Gasteiger partial charge in [0.15, 0.2) is 0 Å². The molecule has 1 atom stereocenters. The monoisotopic (exact) mass is 238 g/mol. The molecule has 1 fully saturated rings. The largest absolute Gasteiger partial charge is 0.491 e. The quantitative estimate of drug-likeness (QED) is 0.624. The molecule has 17 heavy (non-hydrogen) atoms. The standard InChI is InChI=1S/C11H14N2O4/c14-13(15)9-2-1-3-10(6-9)17-8-11-7-12-4-5-16-11/h1-3,6,11-12H,4-5,7-8H2. The second-order valence-corrected chi connectivity index (χ2v) is 3.76. The number of benzene rings is 1. The average Bonchev–Trinajstić information content (AvgIpc) is 2.38. The highest BCUT2D eigenvalue weighted by atomic mass is 16.6. The normalized spacial score (nSPS) is 19.9. The van der Waals surface area contributed by atoms with E-state index in [4.69, 9.17) is 9.47 Å². The van der Waals surface area contributed by atoms with E-state index in [0.29, 0.717) is 19.0 Å². The molecule has 1 unspecified atom stereocenters. The van der Waals surface area contributed by atoms with Gasteiger partial charge in [0.25, 0.3) is 5.69 Å². The van der Waals surface area contributed by atoms with Crippen molar-refractivity contribution in [2.24, 2.45) is 0 Å².